The molecule has 0 saturated carbocycles. The summed E-state index contributed by atoms with van der Waals surface area (Å²) in [6, 6.07) is 13.5. The lowest BCUT2D eigenvalue weighted by Crippen LogP contribution is -2.40. The number of Topliss-reactive ketones (excluding diaryl/α,β-unsaturated/α-hetero) is 1. The highest BCUT2D eigenvalue weighted by molar-refractivity contribution is 7.89. The number of rotatable bonds is 7. The zero-order valence-electron chi connectivity index (χ0n) is 18.3. The Labute approximate surface area is 184 Å². The van der Waals surface area contributed by atoms with Crippen molar-refractivity contribution >= 4 is 21.7 Å². The molecule has 0 aromatic heterocycles. The van der Waals surface area contributed by atoms with Crippen molar-refractivity contribution in [2.24, 2.45) is 5.92 Å². The number of nitrogens with one attached hydrogen (secondary N) is 1. The van der Waals surface area contributed by atoms with Gasteiger partial charge >= 0.3 is 0 Å². The van der Waals surface area contributed by atoms with Gasteiger partial charge in [-0.3, -0.25) is 9.59 Å². The fourth-order valence-corrected chi connectivity index (χ4v) is 5.00. The molecule has 6 nitrogen and oxygen atoms in total. The van der Waals surface area contributed by atoms with Crippen LogP contribution in [0.25, 0.3) is 0 Å². The van der Waals surface area contributed by atoms with E-state index in [4.69, 9.17) is 0 Å². The van der Waals surface area contributed by atoms with E-state index in [0.717, 1.165) is 11.1 Å². The summed E-state index contributed by atoms with van der Waals surface area (Å²) in [6.07, 6.45) is 1.95. The molecule has 31 heavy (non-hydrogen) atoms. The first-order valence-corrected chi connectivity index (χ1v) is 12.2. The topological polar surface area (TPSA) is 83.6 Å². The van der Waals surface area contributed by atoms with E-state index < -0.39 is 10.0 Å². The van der Waals surface area contributed by atoms with Gasteiger partial charge in [0.2, 0.25) is 10.0 Å². The molecule has 2 aromatic carbocycles. The third-order valence-corrected chi connectivity index (χ3v) is 7.47. The molecule has 0 radical (unpaired) electrons. The van der Waals surface area contributed by atoms with Gasteiger partial charge in [-0.05, 0) is 57.4 Å². The van der Waals surface area contributed by atoms with Crippen molar-refractivity contribution in [1.82, 2.24) is 9.62 Å². The Bertz CT molecular complexity index is 1020. The lowest BCUT2D eigenvalue weighted by molar-refractivity contribution is 0.0650. The molecule has 1 unspecified atom stereocenters. The van der Waals surface area contributed by atoms with Gasteiger partial charge in [-0.15, -0.1) is 0 Å². The molecule has 1 heterocycles. The van der Waals surface area contributed by atoms with Crippen molar-refractivity contribution in [3.8, 4) is 0 Å². The monoisotopic (exact) mass is 442 g/mol. The van der Waals surface area contributed by atoms with Crippen LogP contribution >= 0.6 is 0 Å². The molecule has 0 bridgehead atoms. The van der Waals surface area contributed by atoms with Crippen LogP contribution in [0, 0.1) is 12.8 Å². The van der Waals surface area contributed by atoms with Crippen molar-refractivity contribution in [2.75, 3.05) is 13.1 Å². The van der Waals surface area contributed by atoms with E-state index in [1.165, 1.54) is 12.1 Å². The van der Waals surface area contributed by atoms with Crippen LogP contribution in [0.15, 0.2) is 53.4 Å². The predicted molar refractivity (Wildman–Crippen MR) is 121 cm³/mol. The molecular weight excluding hydrogens is 412 g/mol. The highest BCUT2D eigenvalue weighted by atomic mass is 32.2. The maximum Gasteiger partial charge on any atom is 0.253 e. The quantitative estimate of drug-likeness (QED) is 0.661. The second-order valence-corrected chi connectivity index (χ2v) is 9.97. The third-order valence-electron chi connectivity index (χ3n) is 5.87. The first kappa shape index (κ1) is 23.2. The predicted octanol–water partition coefficient (Wildman–Crippen LogP) is 3.81. The summed E-state index contributed by atoms with van der Waals surface area (Å²) < 4.78 is 27.4. The Morgan fingerprint density at radius 1 is 1.00 bits per heavy atom. The van der Waals surface area contributed by atoms with Crippen LogP contribution in [0.3, 0.4) is 0 Å². The van der Waals surface area contributed by atoms with Gasteiger partial charge in [0.25, 0.3) is 5.91 Å². The Hall–Kier alpha value is -2.51. The first-order chi connectivity index (χ1) is 14.7. The van der Waals surface area contributed by atoms with Crippen molar-refractivity contribution < 1.29 is 18.0 Å². The van der Waals surface area contributed by atoms with E-state index in [2.05, 4.69) is 4.72 Å². The minimum Gasteiger partial charge on any atom is -0.339 e. The molecule has 3 rings (SSSR count). The summed E-state index contributed by atoms with van der Waals surface area (Å²) in [5.41, 5.74) is 2.29. The van der Waals surface area contributed by atoms with Crippen LogP contribution in [-0.2, 0) is 10.0 Å². The van der Waals surface area contributed by atoms with E-state index in [9.17, 15) is 18.0 Å². The lowest BCUT2D eigenvalue weighted by Gasteiger charge is -2.31. The van der Waals surface area contributed by atoms with E-state index in [1.54, 1.807) is 17.0 Å². The number of nitrogens with zero attached hydrogens (tertiary/aromatic N) is 1. The molecule has 1 saturated heterocycles. The van der Waals surface area contributed by atoms with Crippen molar-refractivity contribution in [3.63, 3.8) is 0 Å². The summed E-state index contributed by atoms with van der Waals surface area (Å²) in [6.45, 7) is 6.73. The standard InChI is InChI=1S/C24H30N2O4S/c1-4-18(3)25-31(29,30)22-11-9-21(10-12-22)24(28)26-15-13-20(14-16-26)23(27)19-7-5-17(2)6-8-19/h5-12,18,20,25H,4,13-16H2,1-3H3. The van der Waals surface area contributed by atoms with Gasteiger partial charge < -0.3 is 4.90 Å². The van der Waals surface area contributed by atoms with Gasteiger partial charge in [0.05, 0.1) is 4.90 Å². The number of piperidine rings is 1. The molecule has 0 aliphatic carbocycles. The van der Waals surface area contributed by atoms with E-state index >= 15 is 0 Å². The minimum atomic E-state index is -3.60. The molecule has 1 N–H and O–H groups in total. The average molecular weight is 443 g/mol. The fourth-order valence-electron chi connectivity index (χ4n) is 3.67. The van der Waals surface area contributed by atoms with Gasteiger partial charge in [-0.1, -0.05) is 36.8 Å². The Morgan fingerprint density at radius 2 is 1.55 bits per heavy atom. The number of carbonyl (C=O) groups excluding carboxylic acids is 2. The number of ketones is 1. The van der Waals surface area contributed by atoms with Gasteiger partial charge in [-0.25, -0.2) is 13.1 Å². The van der Waals surface area contributed by atoms with Crippen LogP contribution < -0.4 is 4.72 Å². The number of benzene rings is 2. The zero-order chi connectivity index (χ0) is 22.6. The molecule has 1 atom stereocenters. The van der Waals surface area contributed by atoms with Gasteiger partial charge in [0, 0.05) is 36.2 Å². The lowest BCUT2D eigenvalue weighted by atomic mass is 9.88. The van der Waals surface area contributed by atoms with Gasteiger partial charge in [-0.2, -0.15) is 0 Å². The first-order valence-electron chi connectivity index (χ1n) is 10.7. The van der Waals surface area contributed by atoms with Crippen molar-refractivity contribution in [2.45, 2.75) is 51.0 Å². The smallest absolute Gasteiger partial charge is 0.253 e. The van der Waals surface area contributed by atoms with Crippen LogP contribution in [0.1, 0.15) is 59.4 Å². The van der Waals surface area contributed by atoms with Crippen LogP contribution in [0.2, 0.25) is 0 Å². The van der Waals surface area contributed by atoms with E-state index in [0.29, 0.717) is 37.9 Å². The van der Waals surface area contributed by atoms with E-state index in [1.807, 2.05) is 45.0 Å². The fraction of sp³-hybridized carbons (Fsp3) is 0.417. The van der Waals surface area contributed by atoms with Crippen LogP contribution in [-0.4, -0.2) is 44.1 Å². The zero-order valence-corrected chi connectivity index (χ0v) is 19.1. The van der Waals surface area contributed by atoms with Crippen molar-refractivity contribution in [3.05, 3.63) is 65.2 Å². The number of sulfonamides is 1. The number of carbonyl (C=O) groups is 2. The number of hydrogen-bond acceptors (Lipinski definition) is 4. The second-order valence-electron chi connectivity index (χ2n) is 8.25. The Morgan fingerprint density at radius 3 is 2.10 bits per heavy atom. The van der Waals surface area contributed by atoms with E-state index in [-0.39, 0.29) is 28.5 Å². The summed E-state index contributed by atoms with van der Waals surface area (Å²) in [5.74, 6) is -0.0820. The number of likely N-dealkylation sites (tertiary alicyclic amines) is 1. The average Bonchev–Trinajstić information content (AvgIpc) is 2.78. The summed E-state index contributed by atoms with van der Waals surface area (Å²) in [4.78, 5) is 27.4. The summed E-state index contributed by atoms with van der Waals surface area (Å²) in [5, 5.41) is 0. The molecular formula is C24H30N2O4S. The third kappa shape index (κ3) is 5.60. The van der Waals surface area contributed by atoms with Crippen LogP contribution in [0.5, 0.6) is 0 Å². The highest BCUT2D eigenvalue weighted by Crippen LogP contribution is 2.23. The summed E-state index contributed by atoms with van der Waals surface area (Å²) in [7, 11) is -3.60. The Kier molecular flexibility index (Phi) is 7.28. The van der Waals surface area contributed by atoms with Gasteiger partial charge in [0.15, 0.2) is 5.78 Å². The van der Waals surface area contributed by atoms with Crippen LogP contribution in [0.4, 0.5) is 0 Å². The molecule has 1 fully saturated rings. The number of hydrogen-bond donors (Lipinski definition) is 1. The Balaban J connectivity index is 1.60. The molecule has 1 amide bonds. The SMILES string of the molecule is CCC(C)NS(=O)(=O)c1ccc(C(=O)N2CCC(C(=O)c3ccc(C)cc3)CC2)cc1. The van der Waals surface area contributed by atoms with Crippen molar-refractivity contribution in [1.29, 1.82) is 0 Å². The molecule has 1 aliphatic rings. The number of aryl methyl sites for hydroxylation is 1. The largest absolute Gasteiger partial charge is 0.339 e. The molecule has 7 heteroatoms. The summed E-state index contributed by atoms with van der Waals surface area (Å²) >= 11 is 0. The minimum absolute atomic E-state index is 0.0779. The highest BCUT2D eigenvalue weighted by Gasteiger charge is 2.28. The maximum atomic E-state index is 12.8. The normalized spacial score (nSPS) is 16.2. The molecule has 0 spiro atoms. The van der Waals surface area contributed by atoms with Gasteiger partial charge in [0.1, 0.15) is 0 Å². The maximum absolute atomic E-state index is 12.8. The molecule has 166 valence electrons. The second kappa shape index (κ2) is 9.75. The number of amides is 1. The molecule has 1 aliphatic heterocycles. The molecule has 2 aromatic rings.